The Labute approximate surface area is 109 Å². The molecular weight excluding hydrogens is 242 g/mol. The van der Waals surface area contributed by atoms with Gasteiger partial charge in [0.15, 0.2) is 0 Å². The van der Waals surface area contributed by atoms with Crippen molar-refractivity contribution in [2.24, 2.45) is 0 Å². The van der Waals surface area contributed by atoms with Crippen LogP contribution in [0.3, 0.4) is 0 Å². The van der Waals surface area contributed by atoms with Crippen LogP contribution in [0.5, 0.6) is 0 Å². The number of hydrogen-bond donors (Lipinski definition) is 3. The topological polar surface area (TPSA) is 95.2 Å². The van der Waals surface area contributed by atoms with Crippen LogP contribution in [0.25, 0.3) is 11.4 Å². The molecule has 19 heavy (non-hydrogen) atoms. The molecular formula is C12H13N7. The van der Waals surface area contributed by atoms with Crippen LogP contribution in [0, 0.1) is 6.92 Å². The first-order valence-electron chi connectivity index (χ1n) is 5.89. The van der Waals surface area contributed by atoms with Crippen LogP contribution in [-0.2, 0) is 6.54 Å². The zero-order valence-corrected chi connectivity index (χ0v) is 10.4. The predicted octanol–water partition coefficient (Wildman–Crippen LogP) is 1.51. The first-order valence-corrected chi connectivity index (χ1v) is 5.89. The maximum Gasteiger partial charge on any atom is 0.204 e. The highest BCUT2D eigenvalue weighted by Gasteiger charge is 2.04. The third kappa shape index (κ3) is 2.44. The summed E-state index contributed by atoms with van der Waals surface area (Å²) >= 11 is 0. The van der Waals surface area contributed by atoms with Crippen molar-refractivity contribution in [3.63, 3.8) is 0 Å². The van der Waals surface area contributed by atoms with Crippen molar-refractivity contribution in [1.82, 2.24) is 30.6 Å². The summed E-state index contributed by atoms with van der Waals surface area (Å²) in [6, 6.07) is 7.86. The summed E-state index contributed by atoms with van der Waals surface area (Å²) in [5, 5.41) is 17.2. The molecule has 3 N–H and O–H groups in total. The number of aromatic nitrogens is 6. The third-order valence-corrected chi connectivity index (χ3v) is 2.86. The second kappa shape index (κ2) is 4.89. The van der Waals surface area contributed by atoms with Gasteiger partial charge in [-0.25, -0.2) is 4.98 Å². The Hall–Kier alpha value is -2.70. The van der Waals surface area contributed by atoms with Gasteiger partial charge in [-0.05, 0) is 24.3 Å². The van der Waals surface area contributed by atoms with Gasteiger partial charge in [-0.15, -0.1) is 10.2 Å². The highest BCUT2D eigenvalue weighted by molar-refractivity contribution is 5.61. The second-order valence-corrected chi connectivity index (χ2v) is 4.14. The number of anilines is 1. The van der Waals surface area contributed by atoms with Crippen molar-refractivity contribution in [3.8, 4) is 11.4 Å². The Morgan fingerprint density at radius 3 is 3.00 bits per heavy atom. The van der Waals surface area contributed by atoms with E-state index in [0.717, 1.165) is 22.6 Å². The largest absolute Gasteiger partial charge is 0.379 e. The molecule has 0 saturated heterocycles. The average Bonchev–Trinajstić information content (AvgIpc) is 3.08. The van der Waals surface area contributed by atoms with Crippen LogP contribution < -0.4 is 5.32 Å². The molecule has 2 heterocycles. The fourth-order valence-electron chi connectivity index (χ4n) is 1.80. The number of aryl methyl sites for hydroxylation is 1. The number of nitrogens with one attached hydrogen (secondary N) is 3. The molecule has 0 saturated carbocycles. The summed E-state index contributed by atoms with van der Waals surface area (Å²) in [4.78, 5) is 7.30. The summed E-state index contributed by atoms with van der Waals surface area (Å²) in [6.07, 6.45) is 1.70. The Bertz CT molecular complexity index is 656. The van der Waals surface area contributed by atoms with Crippen LogP contribution >= 0.6 is 0 Å². The third-order valence-electron chi connectivity index (χ3n) is 2.86. The van der Waals surface area contributed by atoms with Gasteiger partial charge in [-0.3, -0.25) is 0 Å². The lowest BCUT2D eigenvalue weighted by Gasteiger charge is -2.06. The summed E-state index contributed by atoms with van der Waals surface area (Å²) < 4.78 is 0. The minimum absolute atomic E-state index is 0.583. The van der Waals surface area contributed by atoms with Crippen molar-refractivity contribution in [3.05, 3.63) is 42.0 Å². The van der Waals surface area contributed by atoms with Gasteiger partial charge >= 0.3 is 0 Å². The molecule has 3 rings (SSSR count). The van der Waals surface area contributed by atoms with E-state index in [-0.39, 0.29) is 0 Å². The lowest BCUT2D eigenvalue weighted by Crippen LogP contribution is -2.01. The van der Waals surface area contributed by atoms with Gasteiger partial charge in [0.25, 0.3) is 0 Å². The first-order chi connectivity index (χ1) is 9.33. The molecule has 0 aliphatic carbocycles. The van der Waals surface area contributed by atoms with Gasteiger partial charge in [-0.2, -0.15) is 5.21 Å². The Morgan fingerprint density at radius 1 is 1.32 bits per heavy atom. The molecule has 0 fully saturated rings. The number of imidazole rings is 1. The molecule has 0 bridgehead atoms. The Kier molecular flexibility index (Phi) is 2.93. The smallest absolute Gasteiger partial charge is 0.204 e. The molecule has 0 atom stereocenters. The number of nitrogens with zero attached hydrogens (tertiary/aromatic N) is 4. The Morgan fingerprint density at radius 2 is 2.26 bits per heavy atom. The zero-order chi connectivity index (χ0) is 13.1. The molecule has 1 aromatic carbocycles. The maximum atomic E-state index is 4.25. The normalized spacial score (nSPS) is 10.6. The van der Waals surface area contributed by atoms with Crippen LogP contribution in [0.15, 0.2) is 30.6 Å². The SMILES string of the molecule is Cc1[nH]cnc1CNc1cccc(-c2nn[nH]n2)c1. The molecule has 0 aliphatic heterocycles. The van der Waals surface area contributed by atoms with Crippen LogP contribution in [0.4, 0.5) is 5.69 Å². The highest BCUT2D eigenvalue weighted by Crippen LogP contribution is 2.18. The zero-order valence-electron chi connectivity index (χ0n) is 10.4. The summed E-state index contributed by atoms with van der Waals surface area (Å²) in [6.45, 7) is 2.67. The minimum Gasteiger partial charge on any atom is -0.379 e. The number of rotatable bonds is 4. The van der Waals surface area contributed by atoms with E-state index in [1.54, 1.807) is 6.33 Å². The van der Waals surface area contributed by atoms with Crippen LogP contribution in [0.2, 0.25) is 0 Å². The monoisotopic (exact) mass is 255 g/mol. The van der Waals surface area contributed by atoms with E-state index < -0.39 is 0 Å². The van der Waals surface area contributed by atoms with E-state index in [9.17, 15) is 0 Å². The Balaban J connectivity index is 1.75. The molecule has 0 aliphatic rings. The van der Waals surface area contributed by atoms with Gasteiger partial charge in [-0.1, -0.05) is 12.1 Å². The molecule has 0 radical (unpaired) electrons. The summed E-state index contributed by atoms with van der Waals surface area (Å²) in [7, 11) is 0. The molecule has 0 spiro atoms. The highest BCUT2D eigenvalue weighted by atomic mass is 15.5. The number of tetrazole rings is 1. The van der Waals surface area contributed by atoms with Crippen LogP contribution in [-0.4, -0.2) is 30.6 Å². The lowest BCUT2D eigenvalue weighted by molar-refractivity contribution is 0.881. The molecule has 7 heteroatoms. The van der Waals surface area contributed by atoms with E-state index in [1.807, 2.05) is 31.2 Å². The van der Waals surface area contributed by atoms with E-state index in [1.165, 1.54) is 0 Å². The fourth-order valence-corrected chi connectivity index (χ4v) is 1.80. The average molecular weight is 255 g/mol. The molecule has 7 nitrogen and oxygen atoms in total. The standard InChI is InChI=1S/C12H13N7/c1-8-11(15-7-14-8)6-13-10-4-2-3-9(5-10)12-16-18-19-17-12/h2-5,7,13H,6H2,1H3,(H,14,15)(H,16,17,18,19). The summed E-state index contributed by atoms with van der Waals surface area (Å²) in [5.41, 5.74) is 3.98. The number of benzene rings is 1. The molecule has 2 aromatic heterocycles. The van der Waals surface area contributed by atoms with Crippen molar-refractivity contribution < 1.29 is 0 Å². The molecule has 0 unspecified atom stereocenters. The second-order valence-electron chi connectivity index (χ2n) is 4.14. The van der Waals surface area contributed by atoms with Gasteiger partial charge in [0.05, 0.1) is 18.6 Å². The molecule has 0 amide bonds. The number of aromatic amines is 2. The van der Waals surface area contributed by atoms with Crippen molar-refractivity contribution in [2.75, 3.05) is 5.32 Å². The predicted molar refractivity (Wildman–Crippen MR) is 70.3 cm³/mol. The summed E-state index contributed by atoms with van der Waals surface area (Å²) in [5.74, 6) is 0.583. The van der Waals surface area contributed by atoms with E-state index in [4.69, 9.17) is 0 Å². The number of H-pyrrole nitrogens is 2. The minimum atomic E-state index is 0.583. The maximum absolute atomic E-state index is 4.25. The number of hydrogen-bond acceptors (Lipinski definition) is 5. The van der Waals surface area contributed by atoms with Crippen molar-refractivity contribution in [2.45, 2.75) is 13.5 Å². The van der Waals surface area contributed by atoms with Gasteiger partial charge in [0.1, 0.15) is 0 Å². The fraction of sp³-hybridized carbons (Fsp3) is 0.167. The van der Waals surface area contributed by atoms with Gasteiger partial charge in [0.2, 0.25) is 5.82 Å². The first kappa shape index (κ1) is 11.4. The van der Waals surface area contributed by atoms with E-state index in [0.29, 0.717) is 12.4 Å². The van der Waals surface area contributed by atoms with E-state index >= 15 is 0 Å². The van der Waals surface area contributed by atoms with Gasteiger partial charge < -0.3 is 10.3 Å². The molecule has 3 aromatic rings. The van der Waals surface area contributed by atoms with E-state index in [2.05, 4.69) is 35.9 Å². The van der Waals surface area contributed by atoms with Gasteiger partial charge in [0, 0.05) is 16.9 Å². The van der Waals surface area contributed by atoms with Crippen molar-refractivity contribution in [1.29, 1.82) is 0 Å². The van der Waals surface area contributed by atoms with Crippen molar-refractivity contribution >= 4 is 5.69 Å². The molecule has 96 valence electrons. The quantitative estimate of drug-likeness (QED) is 0.656. The van der Waals surface area contributed by atoms with Crippen LogP contribution in [0.1, 0.15) is 11.4 Å². The lowest BCUT2D eigenvalue weighted by atomic mass is 10.2.